The van der Waals surface area contributed by atoms with Crippen LogP contribution in [-0.4, -0.2) is 23.8 Å². The summed E-state index contributed by atoms with van der Waals surface area (Å²) in [4.78, 5) is 0. The zero-order valence-electron chi connectivity index (χ0n) is 7.14. The molecule has 3 nitrogen and oxygen atoms in total. The smallest absolute Gasteiger partial charge is 0.270 e. The van der Waals surface area contributed by atoms with Crippen LogP contribution in [0.2, 0.25) is 0 Å². The molecule has 0 aliphatic carbocycles. The molecule has 4 atom stereocenters. The highest BCUT2D eigenvalue weighted by atomic mass is 16.8. The van der Waals surface area contributed by atoms with Crippen molar-refractivity contribution in [1.82, 2.24) is 0 Å². The summed E-state index contributed by atoms with van der Waals surface area (Å²) < 4.78 is 10.1. The van der Waals surface area contributed by atoms with Crippen molar-refractivity contribution in [2.45, 2.75) is 25.6 Å². The molecule has 1 N–H and O–H groups in total. The second kappa shape index (κ2) is 3.85. The second-order valence-electron chi connectivity index (χ2n) is 2.84. The third kappa shape index (κ3) is 1.75. The Morgan fingerprint density at radius 1 is 1.17 bits per heavy atom. The van der Waals surface area contributed by atoms with Crippen LogP contribution in [0.1, 0.15) is 6.92 Å². The van der Waals surface area contributed by atoms with Crippen molar-refractivity contribution in [3.63, 3.8) is 0 Å². The van der Waals surface area contributed by atoms with Gasteiger partial charge in [-0.1, -0.05) is 19.1 Å². The van der Waals surface area contributed by atoms with E-state index in [2.05, 4.69) is 13.2 Å². The molecule has 1 saturated heterocycles. The highest BCUT2D eigenvalue weighted by molar-refractivity contribution is 4.96. The molecule has 3 unspecified atom stereocenters. The van der Waals surface area contributed by atoms with Gasteiger partial charge in [-0.05, 0) is 0 Å². The lowest BCUT2D eigenvalue weighted by atomic mass is 9.97. The lowest BCUT2D eigenvalue weighted by molar-refractivity contribution is -0.332. The first-order chi connectivity index (χ1) is 5.69. The third-order valence-electron chi connectivity index (χ3n) is 2.05. The molecule has 1 aliphatic rings. The van der Waals surface area contributed by atoms with Crippen LogP contribution in [0.3, 0.4) is 0 Å². The van der Waals surface area contributed by atoms with Gasteiger partial charge in [0.15, 0.2) is 0 Å². The number of aliphatic hydroxyl groups is 1. The molecule has 0 saturated carbocycles. The fourth-order valence-corrected chi connectivity index (χ4v) is 1.28. The molecular formula is C9H14O3. The van der Waals surface area contributed by atoms with Gasteiger partial charge in [0.2, 0.25) is 0 Å². The number of ether oxygens (including phenoxy) is 2. The van der Waals surface area contributed by atoms with Crippen molar-refractivity contribution in [3.8, 4) is 0 Å². The van der Waals surface area contributed by atoms with Crippen LogP contribution < -0.4 is 0 Å². The molecule has 0 spiro atoms. The lowest BCUT2D eigenvalue weighted by Crippen LogP contribution is -2.43. The lowest BCUT2D eigenvalue weighted by Gasteiger charge is -2.35. The van der Waals surface area contributed by atoms with Gasteiger partial charge in [0.1, 0.15) is 0 Å². The Kier molecular flexibility index (Phi) is 3.03. The third-order valence-corrected chi connectivity index (χ3v) is 2.05. The minimum absolute atomic E-state index is 0.142. The average Bonchev–Trinajstić information content (AvgIpc) is 2.08. The number of hydrogen-bond acceptors (Lipinski definition) is 3. The van der Waals surface area contributed by atoms with Crippen molar-refractivity contribution in [2.24, 2.45) is 5.92 Å². The molecule has 1 rings (SSSR count). The highest BCUT2D eigenvalue weighted by Crippen LogP contribution is 2.24. The molecule has 1 heterocycles. The summed E-state index contributed by atoms with van der Waals surface area (Å²) in [6.07, 6.45) is 2.98. The quantitative estimate of drug-likeness (QED) is 0.630. The second-order valence-corrected chi connectivity index (χ2v) is 2.84. The molecule has 0 radical (unpaired) electrons. The van der Waals surface area contributed by atoms with Crippen molar-refractivity contribution in [2.75, 3.05) is 0 Å². The minimum atomic E-state index is -1.16. The Bertz CT molecular complexity index is 161. The van der Waals surface area contributed by atoms with Gasteiger partial charge in [0.25, 0.3) is 6.48 Å². The van der Waals surface area contributed by atoms with Crippen LogP contribution in [0.25, 0.3) is 0 Å². The average molecular weight is 170 g/mol. The molecule has 12 heavy (non-hydrogen) atoms. The largest absolute Gasteiger partial charge is 0.346 e. The van der Waals surface area contributed by atoms with E-state index >= 15 is 0 Å². The van der Waals surface area contributed by atoms with Crippen LogP contribution in [0.15, 0.2) is 25.3 Å². The summed E-state index contributed by atoms with van der Waals surface area (Å²) in [5, 5.41) is 9.09. The molecule has 0 aromatic heterocycles. The summed E-state index contributed by atoms with van der Waals surface area (Å²) >= 11 is 0. The molecule has 1 fully saturated rings. The molecule has 68 valence electrons. The van der Waals surface area contributed by atoms with Crippen molar-refractivity contribution in [3.05, 3.63) is 25.3 Å². The minimum Gasteiger partial charge on any atom is -0.346 e. The van der Waals surface area contributed by atoms with Crippen LogP contribution >= 0.6 is 0 Å². The number of aliphatic hydroxyl groups excluding tert-OH is 1. The van der Waals surface area contributed by atoms with Crippen molar-refractivity contribution >= 4 is 0 Å². The maximum absolute atomic E-state index is 9.09. The fourth-order valence-electron chi connectivity index (χ4n) is 1.28. The number of hydrogen-bond donors (Lipinski definition) is 1. The zero-order chi connectivity index (χ0) is 9.14. The maximum Gasteiger partial charge on any atom is 0.270 e. The van der Waals surface area contributed by atoms with Crippen LogP contribution in [0.4, 0.5) is 0 Å². The summed E-state index contributed by atoms with van der Waals surface area (Å²) in [6.45, 7) is 8.03. The van der Waals surface area contributed by atoms with E-state index in [9.17, 15) is 0 Å². The van der Waals surface area contributed by atoms with Gasteiger partial charge in [-0.25, -0.2) is 0 Å². The SMILES string of the molecule is C=CC1OC(O)O[C@@H](C=C)C1C. The fraction of sp³-hybridized carbons (Fsp3) is 0.556. The topological polar surface area (TPSA) is 38.7 Å². The number of rotatable bonds is 2. The molecule has 0 bridgehead atoms. The van der Waals surface area contributed by atoms with Gasteiger partial charge in [-0.15, -0.1) is 13.2 Å². The predicted octanol–water partition coefficient (Wildman–Crippen LogP) is 1.05. The molecule has 0 aromatic carbocycles. The molecule has 0 aromatic rings. The summed E-state index contributed by atoms with van der Waals surface area (Å²) in [6, 6.07) is 0. The van der Waals surface area contributed by atoms with E-state index in [-0.39, 0.29) is 18.1 Å². The Morgan fingerprint density at radius 2 is 1.58 bits per heavy atom. The first-order valence-corrected chi connectivity index (χ1v) is 3.93. The first kappa shape index (κ1) is 9.45. The van der Waals surface area contributed by atoms with E-state index in [0.29, 0.717) is 0 Å². The van der Waals surface area contributed by atoms with Crippen molar-refractivity contribution in [1.29, 1.82) is 0 Å². The van der Waals surface area contributed by atoms with E-state index in [1.54, 1.807) is 12.2 Å². The van der Waals surface area contributed by atoms with Gasteiger partial charge in [0.05, 0.1) is 12.2 Å². The Labute approximate surface area is 72.3 Å². The van der Waals surface area contributed by atoms with E-state index in [4.69, 9.17) is 14.6 Å². The van der Waals surface area contributed by atoms with Crippen LogP contribution in [-0.2, 0) is 9.47 Å². The molecular weight excluding hydrogens is 156 g/mol. The Morgan fingerprint density at radius 3 is 1.92 bits per heavy atom. The van der Waals surface area contributed by atoms with Crippen LogP contribution in [0, 0.1) is 5.92 Å². The molecule has 0 amide bonds. The predicted molar refractivity (Wildman–Crippen MR) is 45.3 cm³/mol. The Hall–Kier alpha value is -0.640. The van der Waals surface area contributed by atoms with Gasteiger partial charge in [0, 0.05) is 5.92 Å². The maximum atomic E-state index is 9.09. The molecule has 3 heteroatoms. The van der Waals surface area contributed by atoms with E-state index in [0.717, 1.165) is 0 Å². The summed E-state index contributed by atoms with van der Waals surface area (Å²) in [7, 11) is 0. The summed E-state index contributed by atoms with van der Waals surface area (Å²) in [5.41, 5.74) is 0. The van der Waals surface area contributed by atoms with E-state index < -0.39 is 6.48 Å². The van der Waals surface area contributed by atoms with E-state index in [1.807, 2.05) is 6.92 Å². The standard InChI is InChI=1S/C9H14O3/c1-4-7-6(3)8(5-2)12-9(10)11-7/h4-10H,1-2H2,3H3/t6?,7-,8?,9?/m0/s1. The normalized spacial score (nSPS) is 42.2. The monoisotopic (exact) mass is 170 g/mol. The summed E-state index contributed by atoms with van der Waals surface area (Å²) in [5.74, 6) is 0.142. The zero-order valence-corrected chi connectivity index (χ0v) is 7.14. The molecule has 1 aliphatic heterocycles. The van der Waals surface area contributed by atoms with E-state index in [1.165, 1.54) is 0 Å². The first-order valence-electron chi connectivity index (χ1n) is 3.93. The van der Waals surface area contributed by atoms with Gasteiger partial charge < -0.3 is 14.6 Å². The Balaban J connectivity index is 2.66. The van der Waals surface area contributed by atoms with Crippen molar-refractivity contribution < 1.29 is 14.6 Å². The van der Waals surface area contributed by atoms with Crippen LogP contribution in [0.5, 0.6) is 0 Å². The van der Waals surface area contributed by atoms with Gasteiger partial charge in [-0.3, -0.25) is 0 Å². The van der Waals surface area contributed by atoms with Gasteiger partial charge >= 0.3 is 0 Å². The highest BCUT2D eigenvalue weighted by Gasteiger charge is 2.32. The van der Waals surface area contributed by atoms with Gasteiger partial charge in [-0.2, -0.15) is 0 Å².